The normalized spacial score (nSPS) is 14.8. The summed E-state index contributed by atoms with van der Waals surface area (Å²) < 4.78 is 59.4. The van der Waals surface area contributed by atoms with Gasteiger partial charge in [-0.25, -0.2) is 13.2 Å². The van der Waals surface area contributed by atoms with E-state index in [0.717, 1.165) is 24.2 Å². The van der Waals surface area contributed by atoms with E-state index in [1.54, 1.807) is 12.1 Å². The number of sulfonamides is 1. The Balaban J connectivity index is 0.000000675. The summed E-state index contributed by atoms with van der Waals surface area (Å²) in [6.45, 7) is 11.4. The third-order valence-corrected chi connectivity index (χ3v) is 6.83. The second-order valence-corrected chi connectivity index (χ2v) is 10.1. The first-order valence-corrected chi connectivity index (χ1v) is 12.0. The largest absolute Gasteiger partial charge is 0.490 e. The average Bonchev–Trinajstić information content (AvgIpc) is 2.72. The number of carbonyl (C=O) groups excluding carboxylic acids is 1. The van der Waals surface area contributed by atoms with E-state index >= 15 is 0 Å². The number of halogens is 3. The van der Waals surface area contributed by atoms with Crippen molar-refractivity contribution in [2.45, 2.75) is 45.2 Å². The Bertz CT molecular complexity index is 914. The van der Waals surface area contributed by atoms with E-state index in [1.165, 1.54) is 4.31 Å². The molecule has 0 atom stereocenters. The zero-order valence-corrected chi connectivity index (χ0v) is 20.1. The van der Waals surface area contributed by atoms with Gasteiger partial charge in [0.05, 0.1) is 4.90 Å². The first-order chi connectivity index (χ1) is 15.2. The molecule has 0 spiro atoms. The van der Waals surface area contributed by atoms with Gasteiger partial charge >= 0.3 is 12.1 Å². The Morgan fingerprint density at radius 1 is 1.15 bits per heavy atom. The van der Waals surface area contributed by atoms with Crippen molar-refractivity contribution in [2.75, 3.05) is 39.3 Å². The van der Waals surface area contributed by atoms with Crippen LogP contribution in [-0.2, 0) is 19.6 Å². The fourth-order valence-electron chi connectivity index (χ4n) is 3.03. The SMILES string of the molecule is Cc1ccc(S(=O)(=O)N(CCC(=O)N2CCNCC2)CC(C)C)cc1C.O=C(O)C(F)(F)F. The summed E-state index contributed by atoms with van der Waals surface area (Å²) in [5, 5.41) is 10.3. The fourth-order valence-corrected chi connectivity index (χ4v) is 4.72. The Hall–Kier alpha value is -2.18. The molecule has 33 heavy (non-hydrogen) atoms. The standard InChI is InChI=1S/C19H31N3O3S.C2HF3O2/c1-15(2)14-22(10-7-19(23)21-11-8-20-9-12-21)26(24,25)18-6-5-16(3)17(4)13-18;3-2(4,5)1(6)7/h5-6,13,15,20H,7-12,14H2,1-4H3;(H,6,7). The van der Waals surface area contributed by atoms with E-state index in [2.05, 4.69) is 5.32 Å². The molecule has 0 unspecified atom stereocenters. The summed E-state index contributed by atoms with van der Waals surface area (Å²) in [5.74, 6) is -2.55. The fraction of sp³-hybridized carbons (Fsp3) is 0.619. The Kier molecular flexibility index (Phi) is 10.8. The van der Waals surface area contributed by atoms with Crippen LogP contribution in [0.15, 0.2) is 23.1 Å². The predicted octanol–water partition coefficient (Wildman–Crippen LogP) is 2.41. The Morgan fingerprint density at radius 2 is 1.70 bits per heavy atom. The van der Waals surface area contributed by atoms with Crippen LogP contribution in [0.1, 0.15) is 31.4 Å². The smallest absolute Gasteiger partial charge is 0.475 e. The lowest BCUT2D eigenvalue weighted by molar-refractivity contribution is -0.192. The van der Waals surface area contributed by atoms with Gasteiger partial charge in [0.25, 0.3) is 0 Å². The van der Waals surface area contributed by atoms with E-state index in [4.69, 9.17) is 9.90 Å². The number of hydrogen-bond donors (Lipinski definition) is 2. The summed E-state index contributed by atoms with van der Waals surface area (Å²) in [6.07, 6.45) is -4.86. The summed E-state index contributed by atoms with van der Waals surface area (Å²) in [7, 11) is -3.61. The topological polar surface area (TPSA) is 107 Å². The minimum atomic E-state index is -5.08. The lowest BCUT2D eigenvalue weighted by atomic mass is 10.1. The number of nitrogens with one attached hydrogen (secondary N) is 1. The van der Waals surface area contributed by atoms with Gasteiger partial charge < -0.3 is 15.3 Å². The number of carboxylic acids is 1. The van der Waals surface area contributed by atoms with Crippen molar-refractivity contribution >= 4 is 21.9 Å². The summed E-state index contributed by atoms with van der Waals surface area (Å²) in [6, 6.07) is 5.21. The highest BCUT2D eigenvalue weighted by Gasteiger charge is 2.38. The van der Waals surface area contributed by atoms with Crippen LogP contribution in [0.3, 0.4) is 0 Å². The molecule has 1 aromatic carbocycles. The molecule has 1 heterocycles. The van der Waals surface area contributed by atoms with E-state index in [0.29, 0.717) is 24.5 Å². The maximum absolute atomic E-state index is 13.1. The van der Waals surface area contributed by atoms with E-state index in [9.17, 15) is 26.4 Å². The van der Waals surface area contributed by atoms with Crippen molar-refractivity contribution in [2.24, 2.45) is 5.92 Å². The van der Waals surface area contributed by atoms with Gasteiger partial charge in [-0.2, -0.15) is 17.5 Å². The van der Waals surface area contributed by atoms with Gasteiger partial charge in [0.15, 0.2) is 0 Å². The third-order valence-electron chi connectivity index (χ3n) is 4.97. The number of carbonyl (C=O) groups is 2. The molecule has 0 aliphatic carbocycles. The number of aryl methyl sites for hydroxylation is 2. The van der Waals surface area contributed by atoms with Crippen molar-refractivity contribution in [3.63, 3.8) is 0 Å². The summed E-state index contributed by atoms with van der Waals surface area (Å²) in [5.41, 5.74) is 2.01. The maximum Gasteiger partial charge on any atom is 0.490 e. The van der Waals surface area contributed by atoms with Crippen LogP contribution in [-0.4, -0.2) is 80.1 Å². The van der Waals surface area contributed by atoms with Gasteiger partial charge in [-0.3, -0.25) is 4.79 Å². The molecule has 188 valence electrons. The number of benzene rings is 1. The minimum Gasteiger partial charge on any atom is -0.475 e. The molecule has 0 saturated carbocycles. The molecule has 8 nitrogen and oxygen atoms in total. The molecule has 0 bridgehead atoms. The molecule has 1 aliphatic heterocycles. The van der Waals surface area contributed by atoms with Crippen LogP contribution in [0.4, 0.5) is 13.2 Å². The third kappa shape index (κ3) is 9.30. The van der Waals surface area contributed by atoms with Crippen LogP contribution < -0.4 is 5.32 Å². The molecule has 1 fully saturated rings. The molecule has 1 aliphatic rings. The summed E-state index contributed by atoms with van der Waals surface area (Å²) in [4.78, 5) is 23.4. The number of rotatable bonds is 7. The van der Waals surface area contributed by atoms with Crippen LogP contribution in [0.5, 0.6) is 0 Å². The van der Waals surface area contributed by atoms with Gasteiger partial charge in [0.2, 0.25) is 15.9 Å². The highest BCUT2D eigenvalue weighted by atomic mass is 32.2. The number of carboxylic acid groups (broad SMARTS) is 1. The number of alkyl halides is 3. The minimum absolute atomic E-state index is 0.0237. The van der Waals surface area contributed by atoms with E-state index in [-0.39, 0.29) is 24.8 Å². The number of piperazine rings is 1. The second kappa shape index (κ2) is 12.3. The van der Waals surface area contributed by atoms with Gasteiger partial charge in [-0.05, 0) is 43.0 Å². The monoisotopic (exact) mass is 495 g/mol. The number of amides is 1. The zero-order valence-electron chi connectivity index (χ0n) is 19.3. The van der Waals surface area contributed by atoms with Crippen molar-refractivity contribution in [3.05, 3.63) is 29.3 Å². The lowest BCUT2D eigenvalue weighted by Gasteiger charge is -2.29. The molecule has 1 aromatic rings. The highest BCUT2D eigenvalue weighted by molar-refractivity contribution is 7.89. The quantitative estimate of drug-likeness (QED) is 0.602. The van der Waals surface area contributed by atoms with Crippen molar-refractivity contribution in [3.8, 4) is 0 Å². The molecule has 1 amide bonds. The number of hydrogen-bond acceptors (Lipinski definition) is 5. The first kappa shape index (κ1) is 28.9. The number of nitrogens with zero attached hydrogens (tertiary/aromatic N) is 2. The van der Waals surface area contributed by atoms with Crippen LogP contribution in [0.25, 0.3) is 0 Å². The average molecular weight is 496 g/mol. The second-order valence-electron chi connectivity index (χ2n) is 8.19. The van der Waals surface area contributed by atoms with Crippen LogP contribution in [0.2, 0.25) is 0 Å². The predicted molar refractivity (Wildman–Crippen MR) is 117 cm³/mol. The lowest BCUT2D eigenvalue weighted by Crippen LogP contribution is -2.47. The van der Waals surface area contributed by atoms with Crippen molar-refractivity contribution in [1.29, 1.82) is 0 Å². The highest BCUT2D eigenvalue weighted by Crippen LogP contribution is 2.21. The first-order valence-electron chi connectivity index (χ1n) is 10.5. The van der Waals surface area contributed by atoms with Gasteiger partial charge in [0, 0.05) is 45.7 Å². The molecule has 2 N–H and O–H groups in total. The molecule has 0 radical (unpaired) electrons. The molecule has 0 aromatic heterocycles. The molecule has 2 rings (SSSR count). The Labute approximate surface area is 192 Å². The molecule has 1 saturated heterocycles. The van der Waals surface area contributed by atoms with E-state index < -0.39 is 22.2 Å². The number of aliphatic carboxylic acids is 1. The van der Waals surface area contributed by atoms with Crippen LogP contribution in [0, 0.1) is 19.8 Å². The maximum atomic E-state index is 13.1. The molecular weight excluding hydrogens is 463 g/mol. The van der Waals surface area contributed by atoms with Gasteiger partial charge in [-0.15, -0.1) is 0 Å². The van der Waals surface area contributed by atoms with Crippen LogP contribution >= 0.6 is 0 Å². The zero-order chi connectivity index (χ0) is 25.4. The molecular formula is C21H32F3N3O5S. The summed E-state index contributed by atoms with van der Waals surface area (Å²) >= 11 is 0. The Morgan fingerprint density at radius 3 is 2.15 bits per heavy atom. The molecule has 12 heteroatoms. The van der Waals surface area contributed by atoms with Crippen molar-refractivity contribution in [1.82, 2.24) is 14.5 Å². The van der Waals surface area contributed by atoms with Gasteiger partial charge in [0.1, 0.15) is 0 Å². The van der Waals surface area contributed by atoms with E-state index in [1.807, 2.05) is 38.7 Å². The van der Waals surface area contributed by atoms with Gasteiger partial charge in [-0.1, -0.05) is 19.9 Å². The van der Waals surface area contributed by atoms with Crippen molar-refractivity contribution < 1.29 is 36.3 Å².